The van der Waals surface area contributed by atoms with E-state index in [1.165, 1.54) is 0 Å². The molecule has 0 saturated carbocycles. The van der Waals surface area contributed by atoms with Gasteiger partial charge in [-0.2, -0.15) is 0 Å². The molecule has 3 heteroatoms. The van der Waals surface area contributed by atoms with E-state index in [9.17, 15) is 8.78 Å². The van der Waals surface area contributed by atoms with E-state index in [-0.39, 0.29) is 27.0 Å². The van der Waals surface area contributed by atoms with Crippen LogP contribution >= 0.6 is 0 Å². The van der Waals surface area contributed by atoms with E-state index in [0.717, 1.165) is 20.5 Å². The molecule has 0 radical (unpaired) electrons. The third-order valence-electron chi connectivity index (χ3n) is 1.63. The van der Waals surface area contributed by atoms with Crippen molar-refractivity contribution in [2.45, 2.75) is 20.3 Å². The van der Waals surface area contributed by atoms with Crippen LogP contribution in [0.1, 0.15) is 18.9 Å². The maximum absolute atomic E-state index is 13.1. The van der Waals surface area contributed by atoms with Gasteiger partial charge in [-0.15, -0.1) is 0 Å². The number of hydrogen-bond donors (Lipinski definition) is 0. The first kappa shape index (κ1) is 10.9. The van der Waals surface area contributed by atoms with Crippen LogP contribution in [0.4, 0.5) is 8.78 Å². The molecular weight excluding hydrogens is 285 g/mol. The summed E-state index contributed by atoms with van der Waals surface area (Å²) in [6.45, 7) is 3.75. The second kappa shape index (κ2) is 4.88. The molecule has 0 aromatic heterocycles. The van der Waals surface area contributed by atoms with Crippen LogP contribution in [-0.4, -0.2) is 4.43 Å². The molecule has 0 aliphatic heterocycles. The molecule has 0 heterocycles. The van der Waals surface area contributed by atoms with Gasteiger partial charge in [-0.05, 0) is 0 Å². The van der Waals surface area contributed by atoms with Crippen molar-refractivity contribution in [3.05, 3.63) is 32.9 Å². The van der Waals surface area contributed by atoms with Crippen molar-refractivity contribution in [1.29, 1.82) is 0 Å². The fraction of sp³-hybridized carbons (Fsp3) is 0.400. The molecular formula is C10H12F2I-. The summed E-state index contributed by atoms with van der Waals surface area (Å²) < 4.78 is 27.8. The summed E-state index contributed by atoms with van der Waals surface area (Å²) in [5.74, 6) is -0.814. The molecule has 13 heavy (non-hydrogen) atoms. The van der Waals surface area contributed by atoms with Gasteiger partial charge in [0.1, 0.15) is 0 Å². The molecule has 0 amide bonds. The molecule has 0 nitrogen and oxygen atoms in total. The average molecular weight is 297 g/mol. The first-order chi connectivity index (χ1) is 6.15. The number of rotatable bonds is 3. The predicted octanol–water partition coefficient (Wildman–Crippen LogP) is -0.0582. The molecule has 0 N–H and O–H groups in total. The normalized spacial score (nSPS) is 10.8. The van der Waals surface area contributed by atoms with Crippen LogP contribution in [0.25, 0.3) is 0 Å². The van der Waals surface area contributed by atoms with Crippen molar-refractivity contribution in [3.63, 3.8) is 0 Å². The van der Waals surface area contributed by atoms with Gasteiger partial charge in [-0.1, -0.05) is 0 Å². The Morgan fingerprint density at radius 2 is 1.92 bits per heavy atom. The first-order valence-electron chi connectivity index (χ1n) is 4.20. The maximum atomic E-state index is 13.1. The van der Waals surface area contributed by atoms with Crippen molar-refractivity contribution < 1.29 is 30.0 Å². The second-order valence-electron chi connectivity index (χ2n) is 2.84. The number of alkyl halides is 1. The van der Waals surface area contributed by atoms with Crippen molar-refractivity contribution in [3.8, 4) is 0 Å². The Bertz CT molecular complexity index is 297. The molecule has 1 aromatic carbocycles. The van der Waals surface area contributed by atoms with Gasteiger partial charge in [0, 0.05) is 0 Å². The summed E-state index contributed by atoms with van der Waals surface area (Å²) in [6, 6.07) is 2.65. The van der Waals surface area contributed by atoms with Gasteiger partial charge in [0.15, 0.2) is 0 Å². The molecule has 0 bridgehead atoms. The zero-order valence-corrected chi connectivity index (χ0v) is 9.86. The third kappa shape index (κ3) is 2.90. The minimum absolute atomic E-state index is 0.266. The SMILES string of the molecule is CCC[I-]c1cc(C)c(F)cc1F. The van der Waals surface area contributed by atoms with Crippen LogP contribution in [0.2, 0.25) is 0 Å². The van der Waals surface area contributed by atoms with Crippen molar-refractivity contribution in [2.24, 2.45) is 0 Å². The topological polar surface area (TPSA) is 0 Å². The average Bonchev–Trinajstić information content (AvgIpc) is 2.09. The molecule has 0 saturated heterocycles. The Labute approximate surface area is 87.6 Å². The summed E-state index contributed by atoms with van der Waals surface area (Å²) in [5.41, 5.74) is 0.548. The standard InChI is InChI=1S/C10H12F2I/c1-3-4-13-10-5-7(2)8(11)6-9(10)12/h5-6H,3-4H2,1-2H3/q-1. The van der Waals surface area contributed by atoms with E-state index in [1.54, 1.807) is 13.0 Å². The minimum atomic E-state index is -0.443. The summed E-state index contributed by atoms with van der Waals surface area (Å²) in [5, 5.41) is 0. The summed E-state index contributed by atoms with van der Waals surface area (Å²) in [6.07, 6.45) is 1.07. The Hall–Kier alpha value is -0.190. The van der Waals surface area contributed by atoms with Gasteiger partial charge in [0.2, 0.25) is 0 Å². The molecule has 0 atom stereocenters. The Morgan fingerprint density at radius 1 is 1.23 bits per heavy atom. The quantitative estimate of drug-likeness (QED) is 0.417. The van der Waals surface area contributed by atoms with Gasteiger partial charge in [0.05, 0.1) is 0 Å². The van der Waals surface area contributed by atoms with Gasteiger partial charge in [-0.25, -0.2) is 0 Å². The molecule has 0 unspecified atom stereocenters. The number of aryl methyl sites for hydroxylation is 1. The van der Waals surface area contributed by atoms with Crippen LogP contribution in [0.3, 0.4) is 0 Å². The van der Waals surface area contributed by atoms with Crippen LogP contribution in [-0.2, 0) is 0 Å². The van der Waals surface area contributed by atoms with E-state index in [0.29, 0.717) is 5.56 Å². The van der Waals surface area contributed by atoms with Crippen LogP contribution in [0, 0.1) is 22.1 Å². The molecule has 0 spiro atoms. The molecule has 74 valence electrons. The van der Waals surface area contributed by atoms with Crippen molar-refractivity contribution in [1.82, 2.24) is 0 Å². The second-order valence-corrected chi connectivity index (χ2v) is 5.84. The summed E-state index contributed by atoms with van der Waals surface area (Å²) in [7, 11) is 0. The van der Waals surface area contributed by atoms with Crippen LogP contribution in [0.5, 0.6) is 0 Å². The molecule has 1 aromatic rings. The summed E-state index contributed by atoms with van der Waals surface area (Å²) >= 11 is -0.266. The predicted molar refractivity (Wildman–Crippen MR) is 45.0 cm³/mol. The van der Waals surface area contributed by atoms with E-state index < -0.39 is 5.82 Å². The molecule has 0 aliphatic rings. The van der Waals surface area contributed by atoms with E-state index in [1.807, 2.05) is 0 Å². The molecule has 0 fully saturated rings. The Balaban J connectivity index is 2.88. The Kier molecular flexibility index (Phi) is 4.09. The van der Waals surface area contributed by atoms with Crippen LogP contribution < -0.4 is 21.2 Å². The van der Waals surface area contributed by atoms with Crippen molar-refractivity contribution >= 4 is 0 Å². The van der Waals surface area contributed by atoms with Crippen molar-refractivity contribution in [2.75, 3.05) is 4.43 Å². The fourth-order valence-electron chi connectivity index (χ4n) is 0.921. The fourth-order valence-corrected chi connectivity index (χ4v) is 3.25. The molecule has 0 aliphatic carbocycles. The first-order valence-corrected chi connectivity index (χ1v) is 6.80. The van der Waals surface area contributed by atoms with Crippen LogP contribution in [0.15, 0.2) is 12.1 Å². The van der Waals surface area contributed by atoms with E-state index >= 15 is 0 Å². The van der Waals surface area contributed by atoms with E-state index in [2.05, 4.69) is 6.92 Å². The van der Waals surface area contributed by atoms with Gasteiger partial charge in [0.25, 0.3) is 0 Å². The zero-order valence-electron chi connectivity index (χ0n) is 7.70. The Morgan fingerprint density at radius 3 is 2.54 bits per heavy atom. The number of benzene rings is 1. The monoisotopic (exact) mass is 297 g/mol. The van der Waals surface area contributed by atoms with E-state index in [4.69, 9.17) is 0 Å². The zero-order chi connectivity index (χ0) is 9.84. The van der Waals surface area contributed by atoms with Gasteiger partial charge >= 0.3 is 87.6 Å². The van der Waals surface area contributed by atoms with Gasteiger partial charge < -0.3 is 0 Å². The summed E-state index contributed by atoms with van der Waals surface area (Å²) in [4.78, 5) is 0. The number of hydrogen-bond acceptors (Lipinski definition) is 0. The van der Waals surface area contributed by atoms with Gasteiger partial charge in [-0.3, -0.25) is 0 Å². The number of halogens is 3. The third-order valence-corrected chi connectivity index (χ3v) is 4.90. The molecule has 1 rings (SSSR count).